The van der Waals surface area contributed by atoms with E-state index in [1.165, 1.54) is 0 Å². The molecule has 1 aliphatic rings. The van der Waals surface area contributed by atoms with Gasteiger partial charge in [0, 0.05) is 18.9 Å². The Balaban J connectivity index is 2.90. The number of aliphatic hydroxyl groups excluding tert-OH is 3. The smallest absolute Gasteiger partial charge is 0.317 e. The Bertz CT molecular complexity index is 455. The van der Waals surface area contributed by atoms with E-state index < -0.39 is 60.8 Å². The van der Waals surface area contributed by atoms with Crippen LogP contribution in [0.4, 0.5) is 0 Å². The number of aliphatic hydroxyl groups is 3. The number of hydrogen-bond donors (Lipinski definition) is 8. The van der Waals surface area contributed by atoms with E-state index in [0.29, 0.717) is 0 Å². The third kappa shape index (κ3) is 6.21. The average molecular weight is 364 g/mol. The Morgan fingerprint density at radius 3 is 1.72 bits per heavy atom. The molecule has 0 radical (unpaired) electrons. The van der Waals surface area contributed by atoms with E-state index in [1.54, 1.807) is 0 Å². The number of carboxylic acid groups (broad SMARTS) is 3. The molecule has 144 valence electrons. The van der Waals surface area contributed by atoms with Crippen LogP contribution in [0.1, 0.15) is 19.3 Å². The van der Waals surface area contributed by atoms with Crippen LogP contribution in [0.3, 0.4) is 0 Å². The Morgan fingerprint density at radius 1 is 0.720 bits per heavy atom. The monoisotopic (exact) mass is 364 g/mol. The first-order chi connectivity index (χ1) is 11.6. The van der Waals surface area contributed by atoms with Gasteiger partial charge in [0.05, 0.1) is 43.4 Å². The van der Waals surface area contributed by atoms with Crippen LogP contribution in [0.2, 0.25) is 0 Å². The van der Waals surface area contributed by atoms with E-state index in [-0.39, 0.29) is 25.8 Å². The topological polar surface area (TPSA) is 197 Å². The first-order valence-corrected chi connectivity index (χ1v) is 7.81. The standard InChI is InChI=1S/C14H24N2O9/c17-7(18)2-1-6-12(23)10(15-4-3-8(19)20)14(25)11(13(6)24)16-5-9(21)22/h6,10-16,23-25H,1-5H2,(H,17,18)(H,19,20)(H,21,22)/t6-,10+,11-,12+,13-,14+/m1/s1. The van der Waals surface area contributed by atoms with Crippen LogP contribution < -0.4 is 10.6 Å². The van der Waals surface area contributed by atoms with Gasteiger partial charge in [0.2, 0.25) is 0 Å². The Kier molecular flexibility index (Phi) is 8.19. The number of carbonyl (C=O) groups is 3. The number of aliphatic carboxylic acids is 3. The molecular weight excluding hydrogens is 340 g/mol. The zero-order valence-corrected chi connectivity index (χ0v) is 13.4. The highest BCUT2D eigenvalue weighted by Gasteiger charge is 2.48. The summed E-state index contributed by atoms with van der Waals surface area (Å²) in [6, 6.07) is -2.17. The van der Waals surface area contributed by atoms with Crippen molar-refractivity contribution in [1.82, 2.24) is 10.6 Å². The molecule has 1 rings (SSSR count). The molecule has 0 aromatic heterocycles. The normalized spacial score (nSPS) is 32.3. The lowest BCUT2D eigenvalue weighted by atomic mass is 9.73. The minimum atomic E-state index is -1.40. The summed E-state index contributed by atoms with van der Waals surface area (Å²) in [7, 11) is 0. The first kappa shape index (κ1) is 21.3. The van der Waals surface area contributed by atoms with Crippen molar-refractivity contribution < 1.29 is 45.0 Å². The molecule has 0 aromatic rings. The number of hydrogen-bond acceptors (Lipinski definition) is 8. The van der Waals surface area contributed by atoms with Gasteiger partial charge in [-0.2, -0.15) is 0 Å². The van der Waals surface area contributed by atoms with E-state index >= 15 is 0 Å². The average Bonchev–Trinajstić information content (AvgIpc) is 2.49. The third-order valence-corrected chi connectivity index (χ3v) is 4.25. The van der Waals surface area contributed by atoms with Gasteiger partial charge in [-0.15, -0.1) is 0 Å². The second-order valence-electron chi connectivity index (χ2n) is 5.99. The SMILES string of the molecule is O=C(O)CCN[C@@H]1[C@H](O)[C@H](NCC(=O)O)[C@H](O)[C@H](CCC(=O)O)[C@@H]1O. The van der Waals surface area contributed by atoms with Crippen molar-refractivity contribution in [2.75, 3.05) is 13.1 Å². The Labute approximate surface area is 143 Å². The van der Waals surface area contributed by atoms with E-state index in [0.717, 1.165) is 0 Å². The number of rotatable bonds is 10. The van der Waals surface area contributed by atoms with Crippen LogP contribution in [0.5, 0.6) is 0 Å². The van der Waals surface area contributed by atoms with Crippen molar-refractivity contribution in [3.05, 3.63) is 0 Å². The lowest BCUT2D eigenvalue weighted by molar-refractivity contribution is -0.143. The van der Waals surface area contributed by atoms with Crippen molar-refractivity contribution in [3.63, 3.8) is 0 Å². The Hall–Kier alpha value is -1.79. The summed E-state index contributed by atoms with van der Waals surface area (Å²) in [6.07, 6.45) is -4.80. The van der Waals surface area contributed by atoms with Gasteiger partial charge < -0.3 is 36.0 Å². The fourth-order valence-electron chi connectivity index (χ4n) is 3.03. The summed E-state index contributed by atoms with van der Waals surface area (Å²) in [5.74, 6) is -4.37. The molecule has 0 spiro atoms. The predicted molar refractivity (Wildman–Crippen MR) is 81.9 cm³/mol. The summed E-state index contributed by atoms with van der Waals surface area (Å²) in [5, 5.41) is 62.4. The summed E-state index contributed by atoms with van der Waals surface area (Å²) in [6.45, 7) is -0.621. The van der Waals surface area contributed by atoms with Crippen LogP contribution in [0, 0.1) is 5.92 Å². The maximum atomic E-state index is 10.8. The molecule has 11 heteroatoms. The van der Waals surface area contributed by atoms with E-state index in [1.807, 2.05) is 0 Å². The zero-order valence-electron chi connectivity index (χ0n) is 13.4. The van der Waals surface area contributed by atoms with Crippen molar-refractivity contribution in [3.8, 4) is 0 Å². The summed E-state index contributed by atoms with van der Waals surface area (Å²) in [5.41, 5.74) is 0. The van der Waals surface area contributed by atoms with Crippen LogP contribution in [-0.4, -0.2) is 92.0 Å². The van der Waals surface area contributed by atoms with Gasteiger partial charge in [-0.05, 0) is 6.42 Å². The number of carboxylic acids is 3. The highest BCUT2D eigenvalue weighted by molar-refractivity contribution is 5.69. The molecule has 25 heavy (non-hydrogen) atoms. The maximum absolute atomic E-state index is 10.8. The van der Waals surface area contributed by atoms with Gasteiger partial charge >= 0.3 is 17.9 Å². The molecule has 8 N–H and O–H groups in total. The van der Waals surface area contributed by atoms with Crippen molar-refractivity contribution >= 4 is 17.9 Å². The van der Waals surface area contributed by atoms with Crippen molar-refractivity contribution in [1.29, 1.82) is 0 Å². The molecule has 0 heterocycles. The van der Waals surface area contributed by atoms with Gasteiger partial charge in [0.15, 0.2) is 0 Å². The van der Waals surface area contributed by atoms with Crippen molar-refractivity contribution in [2.45, 2.75) is 49.7 Å². The molecule has 6 atom stereocenters. The summed E-state index contributed by atoms with van der Waals surface area (Å²) >= 11 is 0. The zero-order chi connectivity index (χ0) is 19.1. The molecule has 0 aliphatic heterocycles. The summed E-state index contributed by atoms with van der Waals surface area (Å²) in [4.78, 5) is 32.1. The molecule has 0 amide bonds. The Morgan fingerprint density at radius 2 is 1.24 bits per heavy atom. The maximum Gasteiger partial charge on any atom is 0.317 e. The third-order valence-electron chi connectivity index (χ3n) is 4.25. The quantitative estimate of drug-likeness (QED) is 0.197. The van der Waals surface area contributed by atoms with Crippen LogP contribution in [0.25, 0.3) is 0 Å². The molecule has 0 bridgehead atoms. The van der Waals surface area contributed by atoms with Crippen LogP contribution in [0.15, 0.2) is 0 Å². The first-order valence-electron chi connectivity index (χ1n) is 7.81. The van der Waals surface area contributed by atoms with Gasteiger partial charge in [0.25, 0.3) is 0 Å². The molecule has 11 nitrogen and oxygen atoms in total. The minimum Gasteiger partial charge on any atom is -0.481 e. The van der Waals surface area contributed by atoms with Crippen molar-refractivity contribution in [2.24, 2.45) is 5.92 Å². The summed E-state index contributed by atoms with van der Waals surface area (Å²) < 4.78 is 0. The molecule has 1 fully saturated rings. The largest absolute Gasteiger partial charge is 0.481 e. The number of nitrogens with one attached hydrogen (secondary N) is 2. The van der Waals surface area contributed by atoms with E-state index in [2.05, 4.69) is 10.6 Å². The van der Waals surface area contributed by atoms with E-state index in [9.17, 15) is 29.7 Å². The molecule has 1 aliphatic carbocycles. The molecule has 0 aromatic carbocycles. The van der Waals surface area contributed by atoms with Crippen LogP contribution >= 0.6 is 0 Å². The highest BCUT2D eigenvalue weighted by Crippen LogP contribution is 2.30. The molecule has 1 saturated carbocycles. The molecular formula is C14H24N2O9. The highest BCUT2D eigenvalue weighted by atomic mass is 16.4. The second-order valence-corrected chi connectivity index (χ2v) is 5.99. The fourth-order valence-corrected chi connectivity index (χ4v) is 3.03. The van der Waals surface area contributed by atoms with Gasteiger partial charge in [0.1, 0.15) is 0 Å². The predicted octanol–water partition coefficient (Wildman–Crippen LogP) is -2.96. The molecule has 0 unspecified atom stereocenters. The molecule has 0 saturated heterocycles. The lowest BCUT2D eigenvalue weighted by Gasteiger charge is -2.46. The lowest BCUT2D eigenvalue weighted by Crippen LogP contribution is -2.69. The fraction of sp³-hybridized carbons (Fsp3) is 0.786. The minimum absolute atomic E-state index is 0.0679. The second kappa shape index (κ2) is 9.63. The van der Waals surface area contributed by atoms with Gasteiger partial charge in [-0.25, -0.2) is 0 Å². The van der Waals surface area contributed by atoms with Crippen LogP contribution in [-0.2, 0) is 14.4 Å². The van der Waals surface area contributed by atoms with E-state index in [4.69, 9.17) is 15.3 Å². The van der Waals surface area contributed by atoms with Gasteiger partial charge in [-0.1, -0.05) is 0 Å². The van der Waals surface area contributed by atoms with Gasteiger partial charge in [-0.3, -0.25) is 19.7 Å².